The van der Waals surface area contributed by atoms with Crippen LogP contribution in [0.3, 0.4) is 0 Å². The molecule has 5 heteroatoms. The van der Waals surface area contributed by atoms with Crippen LogP contribution in [0, 0.1) is 29.2 Å². The zero-order valence-electron chi connectivity index (χ0n) is 17.5. The van der Waals surface area contributed by atoms with Gasteiger partial charge in [-0.1, -0.05) is 44.4 Å². The van der Waals surface area contributed by atoms with Gasteiger partial charge in [0.2, 0.25) is 5.82 Å². The van der Waals surface area contributed by atoms with Crippen molar-refractivity contribution in [2.75, 3.05) is 0 Å². The Labute approximate surface area is 175 Å². The molecule has 162 valence electrons. The molecule has 0 atom stereocenters. The number of rotatable bonds is 7. The third kappa shape index (κ3) is 4.71. The van der Waals surface area contributed by atoms with E-state index in [0.717, 1.165) is 25.7 Å². The number of benzene rings is 2. The SMILES string of the molecule is C/C=C/Oc1ccc(-c2ccc(C3CCC(CCCC)CC3)c(F)c2F)c(F)c1F. The van der Waals surface area contributed by atoms with Crippen LogP contribution in [-0.2, 0) is 0 Å². The lowest BCUT2D eigenvalue weighted by atomic mass is 9.76. The number of ether oxygens (including phenoxy) is 1. The van der Waals surface area contributed by atoms with Gasteiger partial charge in [-0.25, -0.2) is 13.2 Å². The van der Waals surface area contributed by atoms with Crippen LogP contribution in [0.1, 0.15) is 70.3 Å². The van der Waals surface area contributed by atoms with Gasteiger partial charge in [0.15, 0.2) is 23.2 Å². The highest BCUT2D eigenvalue weighted by Crippen LogP contribution is 2.41. The van der Waals surface area contributed by atoms with Crippen molar-refractivity contribution in [3.05, 3.63) is 65.4 Å². The van der Waals surface area contributed by atoms with E-state index >= 15 is 0 Å². The zero-order chi connectivity index (χ0) is 21.7. The van der Waals surface area contributed by atoms with E-state index < -0.39 is 23.3 Å². The van der Waals surface area contributed by atoms with E-state index in [1.165, 1.54) is 55.9 Å². The second-order valence-electron chi connectivity index (χ2n) is 8.02. The van der Waals surface area contributed by atoms with Crippen molar-refractivity contribution in [1.29, 1.82) is 0 Å². The number of unbranched alkanes of at least 4 members (excludes halogenated alkanes) is 1. The summed E-state index contributed by atoms with van der Waals surface area (Å²) in [4.78, 5) is 0. The van der Waals surface area contributed by atoms with Crippen LogP contribution in [-0.4, -0.2) is 0 Å². The Morgan fingerprint density at radius 2 is 1.50 bits per heavy atom. The molecule has 1 saturated carbocycles. The van der Waals surface area contributed by atoms with Gasteiger partial charge in [0.1, 0.15) is 0 Å². The first-order valence-corrected chi connectivity index (χ1v) is 10.7. The fourth-order valence-corrected chi connectivity index (χ4v) is 4.31. The molecule has 0 aliphatic heterocycles. The summed E-state index contributed by atoms with van der Waals surface area (Å²) in [7, 11) is 0. The predicted molar refractivity (Wildman–Crippen MR) is 111 cm³/mol. The topological polar surface area (TPSA) is 9.23 Å². The Hall–Kier alpha value is -2.30. The molecule has 1 aliphatic carbocycles. The molecule has 0 bridgehead atoms. The Bertz CT molecular complexity index is 899. The zero-order valence-corrected chi connectivity index (χ0v) is 17.5. The molecule has 0 spiro atoms. The molecule has 1 nitrogen and oxygen atoms in total. The molecular weight excluding hydrogens is 392 g/mol. The van der Waals surface area contributed by atoms with E-state index in [1.54, 1.807) is 6.92 Å². The lowest BCUT2D eigenvalue weighted by Crippen LogP contribution is -2.15. The first kappa shape index (κ1) is 22.4. The Morgan fingerprint density at radius 1 is 0.867 bits per heavy atom. The van der Waals surface area contributed by atoms with Gasteiger partial charge in [-0.05, 0) is 62.1 Å². The summed E-state index contributed by atoms with van der Waals surface area (Å²) in [6.07, 6.45) is 9.97. The predicted octanol–water partition coefficient (Wildman–Crippen LogP) is 8.29. The smallest absolute Gasteiger partial charge is 0.201 e. The summed E-state index contributed by atoms with van der Waals surface area (Å²) >= 11 is 0. The van der Waals surface area contributed by atoms with Crippen molar-refractivity contribution in [3.8, 4) is 16.9 Å². The van der Waals surface area contributed by atoms with E-state index in [0.29, 0.717) is 11.5 Å². The minimum absolute atomic E-state index is 0.0374. The minimum atomic E-state index is -1.26. The lowest BCUT2D eigenvalue weighted by molar-refractivity contribution is 0.299. The fraction of sp³-hybridized carbons (Fsp3) is 0.440. The summed E-state index contributed by atoms with van der Waals surface area (Å²) in [5, 5.41) is 0. The molecule has 0 aromatic heterocycles. The Balaban J connectivity index is 1.83. The van der Waals surface area contributed by atoms with Gasteiger partial charge in [-0.2, -0.15) is 4.39 Å². The van der Waals surface area contributed by atoms with Crippen LogP contribution >= 0.6 is 0 Å². The maximum Gasteiger partial charge on any atom is 0.201 e. The molecule has 0 heterocycles. The highest BCUT2D eigenvalue weighted by Gasteiger charge is 2.27. The average molecular weight is 420 g/mol. The first-order chi connectivity index (χ1) is 14.5. The second-order valence-corrected chi connectivity index (χ2v) is 8.02. The summed E-state index contributed by atoms with van der Waals surface area (Å²) in [5.41, 5.74) is -0.285. The van der Waals surface area contributed by atoms with Gasteiger partial charge in [0, 0.05) is 11.1 Å². The molecule has 0 radical (unpaired) electrons. The van der Waals surface area contributed by atoms with Crippen molar-refractivity contribution >= 4 is 0 Å². The molecule has 0 unspecified atom stereocenters. The summed E-state index contributed by atoms with van der Waals surface area (Å²) in [5.74, 6) is -4.29. The fourth-order valence-electron chi connectivity index (χ4n) is 4.31. The molecule has 0 N–H and O–H groups in total. The largest absolute Gasteiger partial charge is 0.462 e. The van der Waals surface area contributed by atoms with Crippen LogP contribution < -0.4 is 4.74 Å². The highest BCUT2D eigenvalue weighted by atomic mass is 19.2. The molecule has 3 rings (SSSR count). The van der Waals surface area contributed by atoms with Crippen LogP contribution in [0.25, 0.3) is 11.1 Å². The Kier molecular flexibility index (Phi) is 7.57. The number of hydrogen-bond donors (Lipinski definition) is 0. The molecule has 1 aliphatic rings. The summed E-state index contributed by atoms with van der Waals surface area (Å²) < 4.78 is 63.5. The van der Waals surface area contributed by atoms with Crippen LogP contribution in [0.5, 0.6) is 5.75 Å². The minimum Gasteiger partial charge on any atom is -0.462 e. The van der Waals surface area contributed by atoms with E-state index in [-0.39, 0.29) is 22.8 Å². The van der Waals surface area contributed by atoms with E-state index in [2.05, 4.69) is 6.92 Å². The van der Waals surface area contributed by atoms with E-state index in [4.69, 9.17) is 4.74 Å². The third-order valence-electron chi connectivity index (χ3n) is 6.03. The van der Waals surface area contributed by atoms with Gasteiger partial charge in [-0.3, -0.25) is 0 Å². The van der Waals surface area contributed by atoms with Crippen molar-refractivity contribution in [2.24, 2.45) is 5.92 Å². The highest BCUT2D eigenvalue weighted by molar-refractivity contribution is 5.66. The number of allylic oxidation sites excluding steroid dienone is 1. The van der Waals surface area contributed by atoms with E-state index in [9.17, 15) is 17.6 Å². The van der Waals surface area contributed by atoms with Crippen LogP contribution in [0.15, 0.2) is 36.6 Å². The van der Waals surface area contributed by atoms with Gasteiger partial charge < -0.3 is 4.74 Å². The monoisotopic (exact) mass is 420 g/mol. The molecule has 30 heavy (non-hydrogen) atoms. The molecular formula is C25H28F4O. The molecule has 0 amide bonds. The van der Waals surface area contributed by atoms with Gasteiger partial charge in [0.05, 0.1) is 6.26 Å². The van der Waals surface area contributed by atoms with Crippen molar-refractivity contribution < 1.29 is 22.3 Å². The standard InChI is InChI=1S/C25H28F4O/c1-3-5-6-16-7-9-17(10-8-16)18-11-12-19(23(27)22(18)26)20-13-14-21(30-15-4-2)25(29)24(20)28/h4,11-17H,3,5-10H2,1-2H3/b15-4+. The van der Waals surface area contributed by atoms with E-state index in [1.807, 2.05) is 0 Å². The molecule has 0 saturated heterocycles. The quantitative estimate of drug-likeness (QED) is 0.323. The third-order valence-corrected chi connectivity index (χ3v) is 6.03. The first-order valence-electron chi connectivity index (χ1n) is 10.7. The van der Waals surface area contributed by atoms with Crippen LogP contribution in [0.4, 0.5) is 17.6 Å². The number of halogens is 4. The van der Waals surface area contributed by atoms with Gasteiger partial charge >= 0.3 is 0 Å². The molecule has 2 aromatic carbocycles. The van der Waals surface area contributed by atoms with Crippen molar-refractivity contribution in [3.63, 3.8) is 0 Å². The maximum atomic E-state index is 14.9. The van der Waals surface area contributed by atoms with Gasteiger partial charge in [-0.15, -0.1) is 0 Å². The van der Waals surface area contributed by atoms with Gasteiger partial charge in [0.25, 0.3) is 0 Å². The van der Waals surface area contributed by atoms with Crippen molar-refractivity contribution in [1.82, 2.24) is 0 Å². The summed E-state index contributed by atoms with van der Waals surface area (Å²) in [6, 6.07) is 5.28. The number of hydrogen-bond acceptors (Lipinski definition) is 1. The average Bonchev–Trinajstić information content (AvgIpc) is 2.76. The second kappa shape index (κ2) is 10.1. The maximum absolute atomic E-state index is 14.9. The molecule has 2 aromatic rings. The van der Waals surface area contributed by atoms with Crippen molar-refractivity contribution in [2.45, 2.75) is 64.7 Å². The Morgan fingerprint density at radius 3 is 2.13 bits per heavy atom. The molecule has 1 fully saturated rings. The normalized spacial score (nSPS) is 19.4. The summed E-state index contributed by atoms with van der Waals surface area (Å²) in [6.45, 7) is 3.84. The lowest BCUT2D eigenvalue weighted by Gasteiger charge is -2.29. The van der Waals surface area contributed by atoms with Crippen LogP contribution in [0.2, 0.25) is 0 Å².